The molecule has 0 aliphatic heterocycles. The average Bonchev–Trinajstić information content (AvgIpc) is 2.61. The topological polar surface area (TPSA) is 63.6 Å². The molecule has 2 aromatic carbocycles. The van der Waals surface area contributed by atoms with Gasteiger partial charge in [-0.05, 0) is 55.7 Å². The van der Waals surface area contributed by atoms with E-state index in [1.165, 1.54) is 30.3 Å². The van der Waals surface area contributed by atoms with Gasteiger partial charge in [-0.25, -0.2) is 0 Å². The van der Waals surface area contributed by atoms with E-state index in [-0.39, 0.29) is 52.6 Å². The third-order valence-electron chi connectivity index (χ3n) is 4.35. The van der Waals surface area contributed by atoms with Crippen molar-refractivity contribution in [2.45, 2.75) is 31.9 Å². The lowest BCUT2D eigenvalue weighted by atomic mass is 9.84. The molecule has 0 saturated heterocycles. The van der Waals surface area contributed by atoms with Gasteiger partial charge in [-0.2, -0.15) is 13.2 Å². The molecule has 1 aliphatic carbocycles. The number of ketones is 2. The smallest absolute Gasteiger partial charge is 0.389 e. The van der Waals surface area contributed by atoms with Crippen LogP contribution >= 0.6 is 0 Å². The van der Waals surface area contributed by atoms with Gasteiger partial charge in [0, 0.05) is 28.7 Å². The summed E-state index contributed by atoms with van der Waals surface area (Å²) >= 11 is 0. The molecule has 0 radical (unpaired) electrons. The van der Waals surface area contributed by atoms with Crippen molar-refractivity contribution >= 4 is 11.6 Å². The van der Waals surface area contributed by atoms with Crippen LogP contribution in [0.4, 0.5) is 13.2 Å². The fourth-order valence-electron chi connectivity index (χ4n) is 3.00. The van der Waals surface area contributed by atoms with Crippen molar-refractivity contribution < 1.29 is 32.6 Å². The molecule has 0 aromatic heterocycles. The lowest BCUT2D eigenvalue weighted by Gasteiger charge is -2.18. The highest BCUT2D eigenvalue weighted by Gasteiger charge is 2.30. The minimum absolute atomic E-state index is 0.0493. The molecule has 1 aliphatic rings. The Bertz CT molecular complexity index is 887. The third kappa shape index (κ3) is 4.30. The Hall–Kier alpha value is -2.83. The summed E-state index contributed by atoms with van der Waals surface area (Å²) in [5.74, 6) is -0.402. The van der Waals surface area contributed by atoms with Crippen LogP contribution in [0.1, 0.15) is 57.5 Å². The van der Waals surface area contributed by atoms with E-state index in [1.807, 2.05) is 0 Å². The van der Waals surface area contributed by atoms with Crippen molar-refractivity contribution in [2.24, 2.45) is 0 Å². The Morgan fingerprint density at radius 3 is 2.11 bits per heavy atom. The number of phenolic OH excluding ortho intramolecular Hbond substituents is 1. The Labute approximate surface area is 153 Å². The van der Waals surface area contributed by atoms with Gasteiger partial charge in [0.1, 0.15) is 11.5 Å². The maximum absolute atomic E-state index is 12.6. The summed E-state index contributed by atoms with van der Waals surface area (Å²) in [6.07, 6.45) is -4.05. The first kappa shape index (κ1) is 18.9. The molecule has 0 saturated carbocycles. The molecule has 27 heavy (non-hydrogen) atoms. The number of ether oxygens (including phenoxy) is 1. The molecule has 0 spiro atoms. The van der Waals surface area contributed by atoms with Crippen LogP contribution in [-0.4, -0.2) is 29.5 Å². The number of hydrogen-bond acceptors (Lipinski definition) is 4. The summed E-state index contributed by atoms with van der Waals surface area (Å²) in [6, 6.07) is 8.53. The third-order valence-corrected chi connectivity index (χ3v) is 4.35. The SMILES string of the molecule is O=C1c2ccc(OCCCCCC(F)(F)F)cc2C(=O)c2ccc(O)cc21. The summed E-state index contributed by atoms with van der Waals surface area (Å²) in [4.78, 5) is 25.2. The number of hydrogen-bond donors (Lipinski definition) is 1. The van der Waals surface area contributed by atoms with Gasteiger partial charge in [-0.15, -0.1) is 0 Å². The fourth-order valence-corrected chi connectivity index (χ4v) is 3.00. The number of unbranched alkanes of at least 4 members (excludes halogenated alkanes) is 2. The molecule has 0 fully saturated rings. The molecule has 1 N–H and O–H groups in total. The number of carbonyl (C=O) groups is 2. The maximum atomic E-state index is 12.6. The highest BCUT2D eigenvalue weighted by atomic mass is 19.4. The zero-order valence-corrected chi connectivity index (χ0v) is 14.3. The Morgan fingerprint density at radius 1 is 0.815 bits per heavy atom. The average molecular weight is 378 g/mol. The van der Waals surface area contributed by atoms with Gasteiger partial charge in [-0.3, -0.25) is 9.59 Å². The minimum Gasteiger partial charge on any atom is -0.508 e. The number of carbonyl (C=O) groups excluding carboxylic acids is 2. The van der Waals surface area contributed by atoms with Crippen LogP contribution in [0, 0.1) is 0 Å². The molecule has 0 unspecified atom stereocenters. The quantitative estimate of drug-likeness (QED) is 0.633. The molecule has 4 nitrogen and oxygen atoms in total. The zero-order valence-electron chi connectivity index (χ0n) is 14.3. The number of aromatic hydroxyl groups is 1. The van der Waals surface area contributed by atoms with Crippen molar-refractivity contribution in [3.63, 3.8) is 0 Å². The summed E-state index contributed by atoms with van der Waals surface area (Å²) in [5, 5.41) is 9.54. The molecule has 0 bridgehead atoms. The second-order valence-electron chi connectivity index (χ2n) is 6.37. The summed E-state index contributed by atoms with van der Waals surface area (Å²) in [7, 11) is 0. The van der Waals surface area contributed by atoms with Crippen molar-refractivity contribution in [2.75, 3.05) is 6.61 Å². The predicted molar refractivity (Wildman–Crippen MR) is 91.4 cm³/mol. The van der Waals surface area contributed by atoms with Gasteiger partial charge in [0.2, 0.25) is 0 Å². The number of fused-ring (bicyclic) bond motifs is 2. The van der Waals surface area contributed by atoms with Gasteiger partial charge in [0.05, 0.1) is 6.61 Å². The molecule has 7 heteroatoms. The molecule has 0 atom stereocenters. The first-order chi connectivity index (χ1) is 12.8. The Morgan fingerprint density at radius 2 is 1.44 bits per heavy atom. The second kappa shape index (κ2) is 7.42. The van der Waals surface area contributed by atoms with Gasteiger partial charge in [0.15, 0.2) is 11.6 Å². The van der Waals surface area contributed by atoms with Crippen LogP contribution in [0.3, 0.4) is 0 Å². The normalized spacial score (nSPS) is 13.3. The summed E-state index contributed by atoms with van der Waals surface area (Å²) < 4.78 is 41.8. The number of benzene rings is 2. The van der Waals surface area contributed by atoms with Gasteiger partial charge >= 0.3 is 6.18 Å². The van der Waals surface area contributed by atoms with Crippen molar-refractivity contribution in [3.8, 4) is 11.5 Å². The van der Waals surface area contributed by atoms with Crippen LogP contribution in [-0.2, 0) is 0 Å². The number of phenols is 1. The molecular weight excluding hydrogens is 361 g/mol. The highest BCUT2D eigenvalue weighted by Crippen LogP contribution is 2.31. The lowest BCUT2D eigenvalue weighted by molar-refractivity contribution is -0.135. The molecule has 0 heterocycles. The minimum atomic E-state index is -4.14. The van der Waals surface area contributed by atoms with E-state index in [2.05, 4.69) is 0 Å². The first-order valence-electron chi connectivity index (χ1n) is 8.52. The van der Waals surface area contributed by atoms with E-state index in [1.54, 1.807) is 6.07 Å². The van der Waals surface area contributed by atoms with Crippen LogP contribution < -0.4 is 4.74 Å². The highest BCUT2D eigenvalue weighted by molar-refractivity contribution is 6.28. The van der Waals surface area contributed by atoms with E-state index in [9.17, 15) is 27.9 Å². The van der Waals surface area contributed by atoms with Crippen molar-refractivity contribution in [3.05, 3.63) is 58.7 Å². The van der Waals surface area contributed by atoms with Crippen LogP contribution in [0.25, 0.3) is 0 Å². The Kier molecular flexibility index (Phi) is 5.21. The van der Waals surface area contributed by atoms with Crippen LogP contribution in [0.2, 0.25) is 0 Å². The van der Waals surface area contributed by atoms with E-state index >= 15 is 0 Å². The zero-order chi connectivity index (χ0) is 19.6. The van der Waals surface area contributed by atoms with Gasteiger partial charge < -0.3 is 9.84 Å². The number of halogens is 3. The van der Waals surface area contributed by atoms with E-state index in [0.29, 0.717) is 18.6 Å². The molecule has 3 rings (SSSR count). The molecular formula is C20H17F3O4. The van der Waals surface area contributed by atoms with Crippen molar-refractivity contribution in [1.29, 1.82) is 0 Å². The first-order valence-corrected chi connectivity index (χ1v) is 8.52. The maximum Gasteiger partial charge on any atom is 0.389 e. The summed E-state index contributed by atoms with van der Waals surface area (Å²) in [6.45, 7) is 0.225. The van der Waals surface area contributed by atoms with E-state index in [4.69, 9.17) is 4.74 Å². The van der Waals surface area contributed by atoms with Crippen LogP contribution in [0.5, 0.6) is 11.5 Å². The monoisotopic (exact) mass is 378 g/mol. The standard InChI is InChI=1S/C20H17F3O4/c21-20(22,23)8-2-1-3-9-27-13-5-7-15-17(11-13)19(26)14-6-4-12(24)10-16(14)18(15)25/h4-7,10-11,24H,1-3,8-9H2. The second-order valence-corrected chi connectivity index (χ2v) is 6.37. The van der Waals surface area contributed by atoms with Gasteiger partial charge in [0.25, 0.3) is 0 Å². The van der Waals surface area contributed by atoms with Crippen molar-refractivity contribution in [1.82, 2.24) is 0 Å². The fraction of sp³-hybridized carbons (Fsp3) is 0.300. The molecule has 142 valence electrons. The predicted octanol–water partition coefficient (Wildman–Crippen LogP) is 4.67. The number of rotatable bonds is 6. The summed E-state index contributed by atoms with van der Waals surface area (Å²) in [5.41, 5.74) is 0.823. The molecule has 2 aromatic rings. The Balaban J connectivity index is 1.65. The number of alkyl halides is 3. The largest absolute Gasteiger partial charge is 0.508 e. The molecule has 0 amide bonds. The van der Waals surface area contributed by atoms with Gasteiger partial charge in [-0.1, -0.05) is 0 Å². The van der Waals surface area contributed by atoms with E-state index in [0.717, 1.165) is 0 Å². The van der Waals surface area contributed by atoms with Crippen LogP contribution in [0.15, 0.2) is 36.4 Å². The lowest BCUT2D eigenvalue weighted by Crippen LogP contribution is -2.20. The van der Waals surface area contributed by atoms with E-state index < -0.39 is 12.6 Å².